The molecule has 0 heterocycles. The van der Waals surface area contributed by atoms with Gasteiger partial charge in [-0.1, -0.05) is 0 Å². The summed E-state index contributed by atoms with van der Waals surface area (Å²) in [5.41, 5.74) is 4.77. The molecule has 8 heteroatoms. The lowest BCUT2D eigenvalue weighted by molar-refractivity contribution is -0.156. The standard InChI is InChI=1S/C8H12N2O6/c1-2-16-8(15)6(12)10-4(7(13)14)3-5(9)11/h4H,2-3H2,1H3,(H2,9,11)(H,10,12)(H,13,14). The van der Waals surface area contributed by atoms with Crippen LogP contribution in [0.5, 0.6) is 0 Å². The minimum absolute atomic E-state index is 0.0141. The quantitative estimate of drug-likeness (QED) is 0.370. The number of primary amides is 1. The van der Waals surface area contributed by atoms with Crippen LogP contribution < -0.4 is 11.1 Å². The largest absolute Gasteiger partial charge is 0.480 e. The lowest BCUT2D eigenvalue weighted by atomic mass is 10.2. The zero-order valence-corrected chi connectivity index (χ0v) is 8.56. The Kier molecular flexibility index (Phi) is 5.53. The summed E-state index contributed by atoms with van der Waals surface area (Å²) < 4.78 is 4.33. The van der Waals surface area contributed by atoms with Crippen LogP contribution >= 0.6 is 0 Å². The summed E-state index contributed by atoms with van der Waals surface area (Å²) in [7, 11) is 0. The molecule has 2 amide bonds. The van der Waals surface area contributed by atoms with Crippen molar-refractivity contribution < 1.29 is 29.0 Å². The van der Waals surface area contributed by atoms with Gasteiger partial charge in [-0.3, -0.25) is 9.59 Å². The van der Waals surface area contributed by atoms with Gasteiger partial charge in [-0.25, -0.2) is 9.59 Å². The summed E-state index contributed by atoms with van der Waals surface area (Å²) in [6.45, 7) is 1.48. The van der Waals surface area contributed by atoms with Gasteiger partial charge in [0.1, 0.15) is 6.04 Å². The number of carbonyl (C=O) groups excluding carboxylic acids is 3. The smallest absolute Gasteiger partial charge is 0.396 e. The normalized spacial score (nSPS) is 11.3. The molecule has 0 saturated carbocycles. The first-order chi connectivity index (χ1) is 7.38. The third-order valence-electron chi connectivity index (χ3n) is 1.47. The topological polar surface area (TPSA) is 136 Å². The Balaban J connectivity index is 4.40. The Morgan fingerprint density at radius 3 is 2.31 bits per heavy atom. The molecule has 0 aromatic rings. The predicted octanol–water partition coefficient (Wildman–Crippen LogP) is -2.01. The molecule has 0 aliphatic heterocycles. The van der Waals surface area contributed by atoms with Crippen molar-refractivity contribution in [3.05, 3.63) is 0 Å². The molecular formula is C8H12N2O6. The van der Waals surface area contributed by atoms with Crippen LogP contribution in [0.2, 0.25) is 0 Å². The van der Waals surface area contributed by atoms with Gasteiger partial charge in [0.05, 0.1) is 13.0 Å². The molecule has 0 fully saturated rings. The Morgan fingerprint density at radius 2 is 1.94 bits per heavy atom. The van der Waals surface area contributed by atoms with Crippen LogP contribution in [0.3, 0.4) is 0 Å². The number of hydrogen-bond donors (Lipinski definition) is 3. The van der Waals surface area contributed by atoms with E-state index in [2.05, 4.69) is 4.74 Å². The predicted molar refractivity (Wildman–Crippen MR) is 50.0 cm³/mol. The molecule has 16 heavy (non-hydrogen) atoms. The fourth-order valence-electron chi connectivity index (χ4n) is 0.815. The SMILES string of the molecule is CCOC(=O)C(=O)NC(CC(N)=O)C(=O)O. The molecule has 4 N–H and O–H groups in total. The molecule has 0 rings (SSSR count). The van der Waals surface area contributed by atoms with E-state index in [1.807, 2.05) is 5.32 Å². The van der Waals surface area contributed by atoms with Crippen LogP contribution in [0.15, 0.2) is 0 Å². The minimum atomic E-state index is -1.53. The second kappa shape index (κ2) is 6.38. The number of aliphatic carboxylic acids is 1. The molecule has 0 aliphatic rings. The minimum Gasteiger partial charge on any atom is -0.480 e. The number of nitrogens with one attached hydrogen (secondary N) is 1. The van der Waals surface area contributed by atoms with Crippen molar-refractivity contribution in [2.45, 2.75) is 19.4 Å². The molecule has 0 aromatic carbocycles. The highest BCUT2D eigenvalue weighted by Crippen LogP contribution is 1.92. The highest BCUT2D eigenvalue weighted by Gasteiger charge is 2.25. The van der Waals surface area contributed by atoms with Gasteiger partial charge < -0.3 is 20.9 Å². The van der Waals surface area contributed by atoms with E-state index in [0.717, 1.165) is 0 Å². The van der Waals surface area contributed by atoms with E-state index in [9.17, 15) is 19.2 Å². The molecule has 90 valence electrons. The fraction of sp³-hybridized carbons (Fsp3) is 0.500. The van der Waals surface area contributed by atoms with E-state index >= 15 is 0 Å². The van der Waals surface area contributed by atoms with E-state index < -0.39 is 36.2 Å². The molecular weight excluding hydrogens is 220 g/mol. The van der Waals surface area contributed by atoms with Gasteiger partial charge in [0.15, 0.2) is 0 Å². The third kappa shape index (κ3) is 4.94. The van der Waals surface area contributed by atoms with Gasteiger partial charge in [0.25, 0.3) is 0 Å². The molecule has 0 bridgehead atoms. The van der Waals surface area contributed by atoms with E-state index in [1.54, 1.807) is 0 Å². The number of esters is 1. The monoisotopic (exact) mass is 232 g/mol. The summed E-state index contributed by atoms with van der Waals surface area (Å²) in [5.74, 6) is -4.80. The number of ether oxygens (including phenoxy) is 1. The summed E-state index contributed by atoms with van der Waals surface area (Å²) in [5, 5.41) is 10.4. The van der Waals surface area contributed by atoms with Crippen LogP contribution in [0, 0.1) is 0 Å². The van der Waals surface area contributed by atoms with Gasteiger partial charge >= 0.3 is 17.8 Å². The maximum absolute atomic E-state index is 11.0. The number of carbonyl (C=O) groups is 4. The average Bonchev–Trinajstić information content (AvgIpc) is 2.16. The van der Waals surface area contributed by atoms with Gasteiger partial charge in [-0.15, -0.1) is 0 Å². The number of hydrogen-bond acceptors (Lipinski definition) is 5. The number of carboxylic acid groups (broad SMARTS) is 1. The maximum atomic E-state index is 11.0. The lowest BCUT2D eigenvalue weighted by Gasteiger charge is -2.11. The number of nitrogens with two attached hydrogens (primary N) is 1. The Morgan fingerprint density at radius 1 is 1.38 bits per heavy atom. The van der Waals surface area contributed by atoms with Crippen molar-refractivity contribution >= 4 is 23.8 Å². The molecule has 0 aromatic heterocycles. The van der Waals surface area contributed by atoms with Crippen molar-refractivity contribution in [2.75, 3.05) is 6.61 Å². The lowest BCUT2D eigenvalue weighted by Crippen LogP contribution is -2.46. The van der Waals surface area contributed by atoms with E-state index in [1.165, 1.54) is 6.92 Å². The second-order valence-corrected chi connectivity index (χ2v) is 2.76. The molecule has 8 nitrogen and oxygen atoms in total. The van der Waals surface area contributed by atoms with Crippen LogP contribution in [0.4, 0.5) is 0 Å². The molecule has 0 radical (unpaired) electrons. The van der Waals surface area contributed by atoms with Gasteiger partial charge in [0, 0.05) is 0 Å². The summed E-state index contributed by atoms with van der Waals surface area (Å²) in [6, 6.07) is -1.53. The molecule has 0 aliphatic carbocycles. The third-order valence-corrected chi connectivity index (χ3v) is 1.47. The first kappa shape index (κ1) is 13.9. The Labute approximate surface area is 90.7 Å². The highest BCUT2D eigenvalue weighted by molar-refractivity contribution is 6.32. The van der Waals surface area contributed by atoms with Gasteiger partial charge in [-0.05, 0) is 6.92 Å². The van der Waals surface area contributed by atoms with E-state index in [0.29, 0.717) is 0 Å². The van der Waals surface area contributed by atoms with Crippen LogP contribution in [-0.4, -0.2) is 41.5 Å². The molecule has 0 spiro atoms. The molecule has 0 saturated heterocycles. The van der Waals surface area contributed by atoms with E-state index in [-0.39, 0.29) is 6.61 Å². The average molecular weight is 232 g/mol. The highest BCUT2D eigenvalue weighted by atomic mass is 16.5. The Hall–Kier alpha value is -2.12. The summed E-state index contributed by atoms with van der Waals surface area (Å²) >= 11 is 0. The van der Waals surface area contributed by atoms with Crippen molar-refractivity contribution in [3.8, 4) is 0 Å². The Bertz CT molecular complexity index is 314. The van der Waals surface area contributed by atoms with Crippen molar-refractivity contribution in [1.29, 1.82) is 0 Å². The summed E-state index contributed by atoms with van der Waals surface area (Å²) in [6.07, 6.45) is -0.597. The molecule has 1 unspecified atom stereocenters. The van der Waals surface area contributed by atoms with Crippen LogP contribution in [0.25, 0.3) is 0 Å². The first-order valence-corrected chi connectivity index (χ1v) is 4.37. The fourth-order valence-corrected chi connectivity index (χ4v) is 0.815. The first-order valence-electron chi connectivity index (χ1n) is 4.37. The number of carboxylic acids is 1. The molecule has 1 atom stereocenters. The van der Waals surface area contributed by atoms with Crippen molar-refractivity contribution in [2.24, 2.45) is 5.73 Å². The second-order valence-electron chi connectivity index (χ2n) is 2.76. The van der Waals surface area contributed by atoms with Crippen molar-refractivity contribution in [1.82, 2.24) is 5.32 Å². The van der Waals surface area contributed by atoms with Crippen molar-refractivity contribution in [3.63, 3.8) is 0 Å². The van der Waals surface area contributed by atoms with Gasteiger partial charge in [-0.2, -0.15) is 0 Å². The van der Waals surface area contributed by atoms with Crippen LogP contribution in [-0.2, 0) is 23.9 Å². The number of rotatable bonds is 5. The number of amides is 2. The summed E-state index contributed by atoms with van der Waals surface area (Å²) in [4.78, 5) is 42.9. The van der Waals surface area contributed by atoms with Crippen LogP contribution in [0.1, 0.15) is 13.3 Å². The zero-order valence-electron chi connectivity index (χ0n) is 8.56. The van der Waals surface area contributed by atoms with Gasteiger partial charge in [0.2, 0.25) is 5.91 Å². The zero-order chi connectivity index (χ0) is 12.7. The van der Waals surface area contributed by atoms with E-state index in [4.69, 9.17) is 10.8 Å². The maximum Gasteiger partial charge on any atom is 0.396 e.